The van der Waals surface area contributed by atoms with Crippen LogP contribution >= 0.6 is 0 Å². The molecule has 1 aliphatic carbocycles. The summed E-state index contributed by atoms with van der Waals surface area (Å²) in [5, 5.41) is 64.7. The van der Waals surface area contributed by atoms with Crippen LogP contribution in [0.4, 0.5) is 0 Å². The number of ketones is 2. The molecule has 3 saturated heterocycles. The standard InChI is InChI=1S/C37H42O13/c1-14-9-21-20(23(38)10-14)11-22-31(36(21)44)35(43)19-6-5-18(34(42)30(19)37(22)45)26-13-27(33(41)17(4)46-26)50-28-8-7-25(15(2)47-28)49-29-12-24(39)32(40)16(3)48-29/h5-6,9-11,15-17,24-29,32-33,38-42,44H,7-8,12-13H2,1-4H3/t15-,16-,17-,24-,25-,26+,27-,28-,29+,32-,33+/m1/s1. The zero-order valence-electron chi connectivity index (χ0n) is 28.1. The first-order valence-corrected chi connectivity index (χ1v) is 17.0. The van der Waals surface area contributed by atoms with Crippen molar-refractivity contribution in [3.8, 4) is 17.2 Å². The first-order valence-electron chi connectivity index (χ1n) is 17.0. The molecule has 0 bridgehead atoms. The average molecular weight is 695 g/mol. The molecule has 50 heavy (non-hydrogen) atoms. The number of carbonyl (C=O) groups excluding carboxylic acids is 2. The smallest absolute Gasteiger partial charge is 0.198 e. The molecule has 0 spiro atoms. The van der Waals surface area contributed by atoms with Gasteiger partial charge < -0.3 is 54.3 Å². The third-order valence-corrected chi connectivity index (χ3v) is 10.4. The van der Waals surface area contributed by atoms with Crippen molar-refractivity contribution in [3.05, 3.63) is 63.7 Å². The Hall–Kier alpha value is -3.66. The highest BCUT2D eigenvalue weighted by atomic mass is 16.7. The Balaban J connectivity index is 1.08. The number of hydrogen-bond donors (Lipinski definition) is 6. The summed E-state index contributed by atoms with van der Waals surface area (Å²) in [6.07, 6.45) is -6.85. The van der Waals surface area contributed by atoms with Gasteiger partial charge in [-0.3, -0.25) is 9.59 Å². The molecule has 4 aliphatic rings. The van der Waals surface area contributed by atoms with Gasteiger partial charge in [0.1, 0.15) is 29.5 Å². The van der Waals surface area contributed by atoms with Crippen molar-refractivity contribution in [2.45, 2.75) is 121 Å². The molecule has 13 heteroatoms. The molecule has 0 unspecified atom stereocenters. The fourth-order valence-corrected chi connectivity index (χ4v) is 7.66. The number of aromatic hydroxyl groups is 3. The number of aliphatic hydroxyl groups is 3. The van der Waals surface area contributed by atoms with E-state index in [2.05, 4.69) is 0 Å². The Kier molecular flexibility index (Phi) is 9.14. The van der Waals surface area contributed by atoms with Crippen molar-refractivity contribution in [2.75, 3.05) is 0 Å². The molecule has 268 valence electrons. The van der Waals surface area contributed by atoms with Gasteiger partial charge in [-0.05, 0) is 63.9 Å². The topological polar surface area (TPSA) is 202 Å². The zero-order valence-corrected chi connectivity index (χ0v) is 28.1. The van der Waals surface area contributed by atoms with Crippen molar-refractivity contribution < 1.29 is 63.9 Å². The van der Waals surface area contributed by atoms with Crippen LogP contribution in [0.1, 0.15) is 95.5 Å². The van der Waals surface area contributed by atoms with E-state index in [0.717, 1.165) is 0 Å². The summed E-state index contributed by atoms with van der Waals surface area (Å²) >= 11 is 0. The maximum absolute atomic E-state index is 13.9. The maximum atomic E-state index is 13.9. The number of phenolic OH excluding ortho intramolecular Hbond substituents is 3. The summed E-state index contributed by atoms with van der Waals surface area (Å²) in [5.74, 6) is -2.37. The van der Waals surface area contributed by atoms with Crippen LogP contribution in [0, 0.1) is 6.92 Å². The Morgan fingerprint density at radius 3 is 2.06 bits per heavy atom. The molecular formula is C37H42O13. The van der Waals surface area contributed by atoms with Crippen LogP contribution in [0.3, 0.4) is 0 Å². The van der Waals surface area contributed by atoms with Crippen molar-refractivity contribution in [3.63, 3.8) is 0 Å². The molecule has 3 aliphatic heterocycles. The normalized spacial score (nSPS) is 34.4. The van der Waals surface area contributed by atoms with Crippen LogP contribution in [-0.4, -0.2) is 104 Å². The minimum absolute atomic E-state index is 0.0768. The summed E-state index contributed by atoms with van der Waals surface area (Å²) in [4.78, 5) is 27.6. The van der Waals surface area contributed by atoms with Gasteiger partial charge >= 0.3 is 0 Å². The summed E-state index contributed by atoms with van der Waals surface area (Å²) in [7, 11) is 0. The molecule has 0 saturated carbocycles. The monoisotopic (exact) mass is 694 g/mol. The predicted molar refractivity (Wildman–Crippen MR) is 175 cm³/mol. The number of aliphatic hydroxyl groups excluding tert-OH is 3. The van der Waals surface area contributed by atoms with E-state index < -0.39 is 84.5 Å². The lowest BCUT2D eigenvalue weighted by atomic mass is 9.79. The van der Waals surface area contributed by atoms with Gasteiger partial charge in [0.15, 0.2) is 24.1 Å². The molecule has 6 N–H and O–H groups in total. The third-order valence-electron chi connectivity index (χ3n) is 10.4. The number of hydrogen-bond acceptors (Lipinski definition) is 13. The van der Waals surface area contributed by atoms with E-state index in [0.29, 0.717) is 18.4 Å². The van der Waals surface area contributed by atoms with Gasteiger partial charge in [0.25, 0.3) is 0 Å². The Bertz CT molecular complexity index is 1830. The molecule has 0 amide bonds. The Morgan fingerprint density at radius 2 is 1.34 bits per heavy atom. The number of phenols is 3. The first kappa shape index (κ1) is 34.8. The van der Waals surface area contributed by atoms with Crippen LogP contribution in [0.2, 0.25) is 0 Å². The van der Waals surface area contributed by atoms with Gasteiger partial charge in [0.2, 0.25) is 0 Å². The van der Waals surface area contributed by atoms with Crippen LogP contribution in [0.25, 0.3) is 10.8 Å². The van der Waals surface area contributed by atoms with E-state index in [1.807, 2.05) is 6.92 Å². The van der Waals surface area contributed by atoms with E-state index in [9.17, 15) is 40.2 Å². The molecular weight excluding hydrogens is 652 g/mol. The molecule has 13 nitrogen and oxygen atoms in total. The largest absolute Gasteiger partial charge is 0.507 e. The minimum Gasteiger partial charge on any atom is -0.507 e. The summed E-state index contributed by atoms with van der Waals surface area (Å²) in [5.41, 5.74) is 0.231. The number of carbonyl (C=O) groups is 2. The van der Waals surface area contributed by atoms with Crippen LogP contribution < -0.4 is 0 Å². The second-order valence-corrected chi connectivity index (χ2v) is 13.9. The second kappa shape index (κ2) is 13.1. The van der Waals surface area contributed by atoms with Gasteiger partial charge in [0.05, 0.1) is 53.9 Å². The van der Waals surface area contributed by atoms with Gasteiger partial charge in [-0.25, -0.2) is 0 Å². The van der Waals surface area contributed by atoms with Crippen LogP contribution in [-0.2, 0) is 23.7 Å². The highest BCUT2D eigenvalue weighted by molar-refractivity contribution is 6.32. The van der Waals surface area contributed by atoms with E-state index in [4.69, 9.17) is 23.7 Å². The van der Waals surface area contributed by atoms with Gasteiger partial charge in [-0.2, -0.15) is 0 Å². The fourth-order valence-electron chi connectivity index (χ4n) is 7.66. The van der Waals surface area contributed by atoms with Crippen molar-refractivity contribution in [2.24, 2.45) is 0 Å². The van der Waals surface area contributed by atoms with Crippen LogP contribution in [0.15, 0.2) is 30.3 Å². The lowest BCUT2D eigenvalue weighted by Gasteiger charge is -2.43. The fraction of sp³-hybridized carbons (Fsp3) is 0.514. The lowest BCUT2D eigenvalue weighted by molar-refractivity contribution is -0.306. The van der Waals surface area contributed by atoms with E-state index in [1.54, 1.807) is 26.8 Å². The van der Waals surface area contributed by atoms with Crippen LogP contribution in [0.5, 0.6) is 17.2 Å². The van der Waals surface area contributed by atoms with Crippen molar-refractivity contribution in [1.82, 2.24) is 0 Å². The van der Waals surface area contributed by atoms with E-state index >= 15 is 0 Å². The molecule has 3 heterocycles. The highest BCUT2D eigenvalue weighted by Crippen LogP contribution is 2.46. The number of benzene rings is 3. The summed E-state index contributed by atoms with van der Waals surface area (Å²) in [6.45, 7) is 6.89. The number of aryl methyl sites for hydroxylation is 1. The molecule has 3 aromatic rings. The second-order valence-electron chi connectivity index (χ2n) is 13.9. The number of ether oxygens (including phenoxy) is 5. The van der Waals surface area contributed by atoms with Crippen molar-refractivity contribution >= 4 is 22.3 Å². The van der Waals surface area contributed by atoms with E-state index in [1.165, 1.54) is 24.3 Å². The lowest BCUT2D eigenvalue weighted by Crippen LogP contribution is -2.51. The Labute approximate surface area is 287 Å². The molecule has 3 aromatic carbocycles. The molecule has 0 aromatic heterocycles. The molecule has 3 fully saturated rings. The average Bonchev–Trinajstić information content (AvgIpc) is 3.06. The maximum Gasteiger partial charge on any atom is 0.198 e. The predicted octanol–water partition coefficient (Wildman–Crippen LogP) is 3.40. The highest BCUT2D eigenvalue weighted by Gasteiger charge is 2.44. The van der Waals surface area contributed by atoms with Gasteiger partial charge in [-0.1, -0.05) is 6.07 Å². The SMILES string of the molecule is Cc1cc(O)c2cc3c(c(O)c2c1)C(=O)c1ccc([C@@H]2C[C@@H](O[C@@H]4CC[C@@H](O[C@H]5C[C@@H](O)[C@H](O)[C@@H](C)O5)[C@@H](C)O4)[C@@H](O)[C@@H](C)O2)c(O)c1C3=O. The zero-order chi connectivity index (χ0) is 35.8. The third kappa shape index (κ3) is 5.95. The Morgan fingerprint density at radius 1 is 0.680 bits per heavy atom. The number of fused-ring (bicyclic) bond motifs is 3. The molecule has 11 atom stereocenters. The molecule has 0 radical (unpaired) electrons. The van der Waals surface area contributed by atoms with Gasteiger partial charge in [-0.15, -0.1) is 0 Å². The summed E-state index contributed by atoms with van der Waals surface area (Å²) in [6, 6.07) is 7.37. The molecule has 7 rings (SSSR count). The van der Waals surface area contributed by atoms with Gasteiger partial charge in [0, 0.05) is 46.7 Å². The van der Waals surface area contributed by atoms with Crippen molar-refractivity contribution in [1.29, 1.82) is 0 Å². The quantitative estimate of drug-likeness (QED) is 0.178. The number of rotatable bonds is 5. The minimum atomic E-state index is -1.04. The first-order chi connectivity index (χ1) is 23.7. The summed E-state index contributed by atoms with van der Waals surface area (Å²) < 4.78 is 30.3. The van der Waals surface area contributed by atoms with E-state index in [-0.39, 0.29) is 63.3 Å².